The van der Waals surface area contributed by atoms with Crippen molar-refractivity contribution >= 4 is 5.97 Å². The van der Waals surface area contributed by atoms with Crippen molar-refractivity contribution in [1.82, 2.24) is 0 Å². The van der Waals surface area contributed by atoms with E-state index in [1.807, 2.05) is 13.0 Å². The molecule has 0 heterocycles. The van der Waals surface area contributed by atoms with Crippen molar-refractivity contribution in [3.05, 3.63) is 11.6 Å². The van der Waals surface area contributed by atoms with E-state index in [0.717, 1.165) is 44.1 Å². The third-order valence-corrected chi connectivity index (χ3v) is 6.89. The van der Waals surface area contributed by atoms with Crippen molar-refractivity contribution in [2.45, 2.75) is 88.9 Å². The smallest absolute Gasteiger partial charge is 0.303 e. The molecule has 3 fully saturated rings. The zero-order valence-corrected chi connectivity index (χ0v) is 16.9. The number of aliphatic hydroxyl groups is 2. The summed E-state index contributed by atoms with van der Waals surface area (Å²) >= 11 is 0. The maximum atomic E-state index is 10.8. The number of carboxylic acids is 1. The molecule has 28 heavy (non-hydrogen) atoms. The Hall–Kier alpha value is -1.35. The minimum Gasteiger partial charge on any atom is -0.481 e. The number of hydrogen-bond donors (Lipinski definition) is 3. The Kier molecular flexibility index (Phi) is 7.20. The highest BCUT2D eigenvalue weighted by Crippen LogP contribution is 2.57. The van der Waals surface area contributed by atoms with E-state index in [1.54, 1.807) is 0 Å². The van der Waals surface area contributed by atoms with E-state index in [2.05, 4.69) is 11.8 Å². The van der Waals surface area contributed by atoms with Crippen LogP contribution in [0.4, 0.5) is 0 Å². The molecule has 0 radical (unpaired) electrons. The molecule has 3 saturated carbocycles. The molecule has 5 nitrogen and oxygen atoms in total. The van der Waals surface area contributed by atoms with Crippen molar-refractivity contribution in [1.29, 1.82) is 0 Å². The molecule has 156 valence electrons. The Labute approximate surface area is 168 Å². The van der Waals surface area contributed by atoms with Gasteiger partial charge in [-0.05, 0) is 56.9 Å². The second-order valence-corrected chi connectivity index (χ2v) is 8.56. The fourth-order valence-corrected chi connectivity index (χ4v) is 5.36. The first-order valence-corrected chi connectivity index (χ1v) is 10.9. The van der Waals surface area contributed by atoms with Crippen molar-refractivity contribution in [3.63, 3.8) is 0 Å². The summed E-state index contributed by atoms with van der Waals surface area (Å²) in [5.41, 5.74) is 0.744. The number of ether oxygens (including phenoxy) is 1. The SMILES string of the molecule is CCOC12CCC(O)C(C#CC(O)C3CCCCC3)C1CC2=CCCC(=O)O. The number of carboxylic acid groups (broad SMARTS) is 1. The monoisotopic (exact) mass is 390 g/mol. The third-order valence-electron chi connectivity index (χ3n) is 6.89. The van der Waals surface area contributed by atoms with Crippen LogP contribution in [-0.4, -0.2) is 45.7 Å². The van der Waals surface area contributed by atoms with Gasteiger partial charge in [-0.1, -0.05) is 37.2 Å². The van der Waals surface area contributed by atoms with Gasteiger partial charge in [0, 0.05) is 18.9 Å². The average molecular weight is 391 g/mol. The number of fused-ring (bicyclic) bond motifs is 1. The molecule has 0 amide bonds. The van der Waals surface area contributed by atoms with E-state index in [9.17, 15) is 15.0 Å². The van der Waals surface area contributed by atoms with Crippen molar-refractivity contribution < 1.29 is 24.9 Å². The van der Waals surface area contributed by atoms with Gasteiger partial charge in [0.15, 0.2) is 0 Å². The minimum absolute atomic E-state index is 0.110. The number of aliphatic hydroxyl groups excluding tert-OH is 2. The highest BCUT2D eigenvalue weighted by Gasteiger charge is 2.58. The number of allylic oxidation sites excluding steroid dienone is 1. The highest BCUT2D eigenvalue weighted by molar-refractivity contribution is 5.66. The summed E-state index contributed by atoms with van der Waals surface area (Å²) in [4.78, 5) is 10.8. The van der Waals surface area contributed by atoms with Gasteiger partial charge in [-0.2, -0.15) is 0 Å². The topological polar surface area (TPSA) is 87.0 Å². The fraction of sp³-hybridized carbons (Fsp3) is 0.783. The molecule has 5 heteroatoms. The fourth-order valence-electron chi connectivity index (χ4n) is 5.36. The standard InChI is InChI=1S/C23H34O5/c1-2-28-23-14-13-21(25)18(11-12-20(24)16-7-4-3-5-8-16)19(23)15-17(23)9-6-10-22(26)27/h9,16,18-21,24-25H,2-8,10,13-15H2,1H3,(H,26,27). The van der Waals surface area contributed by atoms with Crippen LogP contribution in [0.1, 0.15) is 71.1 Å². The van der Waals surface area contributed by atoms with Crippen LogP contribution in [0.5, 0.6) is 0 Å². The van der Waals surface area contributed by atoms with Crippen molar-refractivity contribution in [2.24, 2.45) is 17.8 Å². The Balaban J connectivity index is 1.72. The van der Waals surface area contributed by atoms with Crippen LogP contribution in [0.15, 0.2) is 11.6 Å². The van der Waals surface area contributed by atoms with Crippen LogP contribution >= 0.6 is 0 Å². The predicted octanol–water partition coefficient (Wildman–Crippen LogP) is 3.29. The molecule has 5 unspecified atom stereocenters. The summed E-state index contributed by atoms with van der Waals surface area (Å²) in [6.45, 7) is 2.55. The molecular formula is C23H34O5. The first-order valence-electron chi connectivity index (χ1n) is 10.9. The first kappa shape index (κ1) is 21.4. The number of carbonyl (C=O) groups is 1. The molecule has 3 rings (SSSR count). The maximum absolute atomic E-state index is 10.8. The average Bonchev–Trinajstić information content (AvgIpc) is 2.68. The molecule has 0 aromatic carbocycles. The summed E-state index contributed by atoms with van der Waals surface area (Å²) < 4.78 is 6.18. The zero-order chi connectivity index (χ0) is 20.1. The lowest BCUT2D eigenvalue weighted by atomic mass is 9.53. The Morgan fingerprint density at radius 3 is 2.75 bits per heavy atom. The van der Waals surface area contributed by atoms with Crippen LogP contribution in [0, 0.1) is 29.6 Å². The minimum atomic E-state index is -0.794. The van der Waals surface area contributed by atoms with Crippen LogP contribution in [0.3, 0.4) is 0 Å². The lowest BCUT2D eigenvalue weighted by Crippen LogP contribution is -2.60. The molecule has 0 spiro atoms. The van der Waals surface area contributed by atoms with Gasteiger partial charge in [0.25, 0.3) is 0 Å². The number of rotatable bonds is 6. The molecule has 3 aliphatic rings. The van der Waals surface area contributed by atoms with E-state index < -0.39 is 23.8 Å². The normalized spacial score (nSPS) is 35.4. The Bertz CT molecular complexity index is 639. The summed E-state index contributed by atoms with van der Waals surface area (Å²) in [6, 6.07) is 0. The first-order chi connectivity index (χ1) is 13.5. The van der Waals surface area contributed by atoms with Crippen LogP contribution in [-0.2, 0) is 9.53 Å². The molecule has 0 saturated heterocycles. The van der Waals surface area contributed by atoms with Crippen LogP contribution in [0.2, 0.25) is 0 Å². The van der Waals surface area contributed by atoms with Crippen LogP contribution < -0.4 is 0 Å². The summed E-state index contributed by atoms with van der Waals surface area (Å²) in [6.07, 6.45) is 9.32. The van der Waals surface area contributed by atoms with Gasteiger partial charge in [-0.15, -0.1) is 0 Å². The molecule has 0 aromatic heterocycles. The van der Waals surface area contributed by atoms with E-state index in [1.165, 1.54) is 6.42 Å². The van der Waals surface area contributed by atoms with Gasteiger partial charge in [0.2, 0.25) is 0 Å². The Morgan fingerprint density at radius 1 is 1.32 bits per heavy atom. The van der Waals surface area contributed by atoms with E-state index in [4.69, 9.17) is 9.84 Å². The molecule has 0 aliphatic heterocycles. The van der Waals surface area contributed by atoms with Crippen LogP contribution in [0.25, 0.3) is 0 Å². The van der Waals surface area contributed by atoms with Crippen molar-refractivity contribution in [3.8, 4) is 11.8 Å². The van der Waals surface area contributed by atoms with E-state index >= 15 is 0 Å². The van der Waals surface area contributed by atoms with Gasteiger partial charge in [-0.25, -0.2) is 0 Å². The second-order valence-electron chi connectivity index (χ2n) is 8.56. The number of aliphatic carboxylic acids is 1. The molecule has 3 N–H and O–H groups in total. The summed E-state index contributed by atoms with van der Waals surface area (Å²) in [7, 11) is 0. The molecular weight excluding hydrogens is 356 g/mol. The van der Waals surface area contributed by atoms with Gasteiger partial charge < -0.3 is 20.1 Å². The largest absolute Gasteiger partial charge is 0.481 e. The summed E-state index contributed by atoms with van der Waals surface area (Å²) in [5.74, 6) is 5.66. The lowest BCUT2D eigenvalue weighted by Gasteiger charge is -2.57. The molecule has 0 bridgehead atoms. The maximum Gasteiger partial charge on any atom is 0.303 e. The lowest BCUT2D eigenvalue weighted by molar-refractivity contribution is -0.153. The molecule has 0 aromatic rings. The second kappa shape index (κ2) is 9.43. The van der Waals surface area contributed by atoms with Gasteiger partial charge in [0.05, 0.1) is 17.6 Å². The molecule has 5 atom stereocenters. The van der Waals surface area contributed by atoms with Gasteiger partial charge >= 0.3 is 5.97 Å². The van der Waals surface area contributed by atoms with E-state index in [-0.39, 0.29) is 24.2 Å². The van der Waals surface area contributed by atoms with Gasteiger partial charge in [0.1, 0.15) is 6.10 Å². The number of hydrogen-bond acceptors (Lipinski definition) is 4. The summed E-state index contributed by atoms with van der Waals surface area (Å²) in [5, 5.41) is 30.0. The predicted molar refractivity (Wildman–Crippen MR) is 107 cm³/mol. The van der Waals surface area contributed by atoms with Crippen molar-refractivity contribution in [2.75, 3.05) is 6.61 Å². The zero-order valence-electron chi connectivity index (χ0n) is 16.9. The van der Waals surface area contributed by atoms with E-state index in [0.29, 0.717) is 19.4 Å². The highest BCUT2D eigenvalue weighted by atomic mass is 16.5. The Morgan fingerprint density at radius 2 is 2.07 bits per heavy atom. The van der Waals surface area contributed by atoms with Gasteiger partial charge in [-0.3, -0.25) is 4.79 Å². The molecule has 3 aliphatic carbocycles. The third kappa shape index (κ3) is 4.45. The quantitative estimate of drug-likeness (QED) is 0.479.